The number of anilines is 1. The number of aryl methyl sites for hydroxylation is 1. The fourth-order valence-corrected chi connectivity index (χ4v) is 4.12. The zero-order chi connectivity index (χ0) is 21.8. The maximum Gasteiger partial charge on any atom is 0.416 e. The van der Waals surface area contributed by atoms with Crippen LogP contribution in [0.3, 0.4) is 0 Å². The van der Waals surface area contributed by atoms with Crippen molar-refractivity contribution in [2.75, 3.05) is 31.2 Å². The molecule has 2 aliphatic heterocycles. The van der Waals surface area contributed by atoms with Gasteiger partial charge in [-0.2, -0.15) is 13.2 Å². The van der Waals surface area contributed by atoms with Crippen LogP contribution in [-0.2, 0) is 15.7 Å². The first-order valence-electron chi connectivity index (χ1n) is 10.2. The van der Waals surface area contributed by atoms with Crippen LogP contribution in [0.5, 0.6) is 0 Å². The summed E-state index contributed by atoms with van der Waals surface area (Å²) < 4.78 is 46.3. The lowest BCUT2D eigenvalue weighted by Crippen LogP contribution is -2.58. The maximum atomic E-state index is 13.1. The Morgan fingerprint density at radius 1 is 1.10 bits per heavy atom. The highest BCUT2D eigenvalue weighted by molar-refractivity contribution is 5.86. The Kier molecular flexibility index (Phi) is 4.69. The number of nitrogens with one attached hydrogen (secondary N) is 1. The number of hydrogen-bond donors (Lipinski definition) is 1. The third kappa shape index (κ3) is 3.65. The second-order valence-corrected chi connectivity index (χ2v) is 8.28. The van der Waals surface area contributed by atoms with E-state index in [1.165, 1.54) is 12.1 Å². The number of rotatable bonds is 4. The third-order valence-electron chi connectivity index (χ3n) is 6.04. The molecule has 0 bridgehead atoms. The summed E-state index contributed by atoms with van der Waals surface area (Å²) in [5.74, 6) is 0.0212. The van der Waals surface area contributed by atoms with E-state index in [9.17, 15) is 18.0 Å². The quantitative estimate of drug-likeness (QED) is 0.684. The Labute approximate surface area is 177 Å². The molecule has 0 saturated carbocycles. The lowest BCUT2D eigenvalue weighted by molar-refractivity contribution is -0.137. The molecule has 5 rings (SSSR count). The summed E-state index contributed by atoms with van der Waals surface area (Å²) in [7, 11) is 0. The summed E-state index contributed by atoms with van der Waals surface area (Å²) in [6, 6.07) is 11.8. The van der Waals surface area contributed by atoms with Crippen molar-refractivity contribution in [3.63, 3.8) is 0 Å². The first kappa shape index (κ1) is 19.9. The monoisotopic (exact) mass is 429 g/mol. The number of carbonyl (C=O) groups is 1. The molecule has 0 aliphatic carbocycles. The topological polar surface area (TPSA) is 46.5 Å². The van der Waals surface area contributed by atoms with E-state index in [0.29, 0.717) is 31.7 Å². The standard InChI is InChI=1S/C23H22F3N3O2/c1-14-9-29(21-6-5-16(7-20(14)21)23(24,25)26)19-4-2-3-18(8-19)28-10-15(11-28)22(30)27-17-12-31-13-17/h2-9,15,17H,10-13H2,1H3,(H,27,30). The second-order valence-electron chi connectivity index (χ2n) is 8.28. The van der Waals surface area contributed by atoms with Gasteiger partial charge in [0, 0.05) is 36.0 Å². The van der Waals surface area contributed by atoms with Gasteiger partial charge in [-0.05, 0) is 48.9 Å². The number of alkyl halides is 3. The highest BCUT2D eigenvalue weighted by atomic mass is 19.4. The van der Waals surface area contributed by atoms with Gasteiger partial charge in [0.15, 0.2) is 0 Å². The first-order valence-corrected chi connectivity index (χ1v) is 10.2. The minimum Gasteiger partial charge on any atom is -0.377 e. The highest BCUT2D eigenvalue weighted by Gasteiger charge is 2.35. The van der Waals surface area contributed by atoms with Crippen LogP contribution < -0.4 is 10.2 Å². The van der Waals surface area contributed by atoms with Crippen LogP contribution in [0.1, 0.15) is 11.1 Å². The molecule has 1 aromatic heterocycles. The van der Waals surface area contributed by atoms with E-state index in [0.717, 1.165) is 28.5 Å². The van der Waals surface area contributed by atoms with Crippen LogP contribution in [0, 0.1) is 12.8 Å². The van der Waals surface area contributed by atoms with Crippen molar-refractivity contribution in [1.82, 2.24) is 9.88 Å². The number of fused-ring (bicyclic) bond motifs is 1. The summed E-state index contributed by atoms with van der Waals surface area (Å²) >= 11 is 0. The zero-order valence-corrected chi connectivity index (χ0v) is 16.9. The van der Waals surface area contributed by atoms with Crippen LogP contribution in [0.15, 0.2) is 48.7 Å². The lowest BCUT2D eigenvalue weighted by Gasteiger charge is -2.41. The summed E-state index contributed by atoms with van der Waals surface area (Å²) in [6.07, 6.45) is -2.51. The van der Waals surface area contributed by atoms with Crippen LogP contribution >= 0.6 is 0 Å². The van der Waals surface area contributed by atoms with Gasteiger partial charge in [-0.25, -0.2) is 0 Å². The predicted molar refractivity (Wildman–Crippen MR) is 111 cm³/mol. The van der Waals surface area contributed by atoms with Crippen LogP contribution in [-0.4, -0.2) is 42.8 Å². The lowest BCUT2D eigenvalue weighted by atomic mass is 9.97. The number of carbonyl (C=O) groups excluding carboxylic acids is 1. The Bertz CT molecular complexity index is 1140. The number of aromatic nitrogens is 1. The van der Waals surface area contributed by atoms with Crippen molar-refractivity contribution in [1.29, 1.82) is 0 Å². The SMILES string of the molecule is Cc1cn(-c2cccc(N3CC(C(=O)NC4COC4)C3)c2)c2ccc(C(F)(F)F)cc12. The largest absolute Gasteiger partial charge is 0.416 e. The molecular weight excluding hydrogens is 407 g/mol. The molecular formula is C23H22F3N3O2. The van der Waals surface area contributed by atoms with E-state index in [4.69, 9.17) is 4.74 Å². The zero-order valence-electron chi connectivity index (χ0n) is 16.9. The molecule has 2 aliphatic rings. The Morgan fingerprint density at radius 2 is 1.84 bits per heavy atom. The minimum absolute atomic E-state index is 0.0419. The van der Waals surface area contributed by atoms with Crippen molar-refractivity contribution in [3.8, 4) is 5.69 Å². The Balaban J connectivity index is 1.36. The van der Waals surface area contributed by atoms with E-state index >= 15 is 0 Å². The molecule has 3 aromatic rings. The van der Waals surface area contributed by atoms with Gasteiger partial charge in [0.25, 0.3) is 0 Å². The molecule has 5 nitrogen and oxygen atoms in total. The summed E-state index contributed by atoms with van der Waals surface area (Å²) in [4.78, 5) is 14.4. The fraction of sp³-hybridized carbons (Fsp3) is 0.348. The number of amides is 1. The summed E-state index contributed by atoms with van der Waals surface area (Å²) in [6.45, 7) is 4.26. The van der Waals surface area contributed by atoms with E-state index in [1.54, 1.807) is 0 Å². The molecule has 0 atom stereocenters. The number of benzene rings is 2. The molecule has 3 heterocycles. The summed E-state index contributed by atoms with van der Waals surface area (Å²) in [5.41, 5.74) is 2.72. The van der Waals surface area contributed by atoms with E-state index in [-0.39, 0.29) is 17.9 Å². The number of nitrogens with zero attached hydrogens (tertiary/aromatic N) is 2. The molecule has 162 valence electrons. The minimum atomic E-state index is -4.37. The van der Waals surface area contributed by atoms with Gasteiger partial charge in [0.1, 0.15) is 0 Å². The molecule has 0 radical (unpaired) electrons. The predicted octanol–water partition coefficient (Wildman–Crippen LogP) is 3.91. The van der Waals surface area contributed by atoms with Gasteiger partial charge in [-0.3, -0.25) is 4.79 Å². The van der Waals surface area contributed by atoms with Crippen LogP contribution in [0.4, 0.5) is 18.9 Å². The van der Waals surface area contributed by atoms with Gasteiger partial charge in [0.2, 0.25) is 5.91 Å². The normalized spacial score (nSPS) is 17.5. The van der Waals surface area contributed by atoms with Gasteiger partial charge in [-0.15, -0.1) is 0 Å². The molecule has 2 saturated heterocycles. The molecule has 2 aromatic carbocycles. The Hall–Kier alpha value is -3.00. The van der Waals surface area contributed by atoms with Crippen molar-refractivity contribution in [2.24, 2.45) is 5.92 Å². The van der Waals surface area contributed by atoms with Gasteiger partial charge >= 0.3 is 6.18 Å². The number of halogens is 3. The van der Waals surface area contributed by atoms with Gasteiger partial charge in [-0.1, -0.05) is 6.07 Å². The third-order valence-corrected chi connectivity index (χ3v) is 6.04. The number of hydrogen-bond acceptors (Lipinski definition) is 3. The van der Waals surface area contributed by atoms with E-state index in [1.807, 2.05) is 42.0 Å². The van der Waals surface area contributed by atoms with Crippen molar-refractivity contribution >= 4 is 22.5 Å². The molecule has 31 heavy (non-hydrogen) atoms. The smallest absolute Gasteiger partial charge is 0.377 e. The van der Waals surface area contributed by atoms with Crippen LogP contribution in [0.25, 0.3) is 16.6 Å². The molecule has 1 amide bonds. The molecule has 0 spiro atoms. The fourth-order valence-electron chi connectivity index (χ4n) is 4.12. The van der Waals surface area contributed by atoms with Crippen molar-refractivity contribution in [2.45, 2.75) is 19.1 Å². The van der Waals surface area contributed by atoms with E-state index in [2.05, 4.69) is 10.2 Å². The van der Waals surface area contributed by atoms with Gasteiger partial charge < -0.3 is 19.5 Å². The van der Waals surface area contributed by atoms with Crippen molar-refractivity contribution < 1.29 is 22.7 Å². The van der Waals surface area contributed by atoms with Crippen molar-refractivity contribution in [3.05, 3.63) is 59.8 Å². The highest BCUT2D eigenvalue weighted by Crippen LogP contribution is 2.34. The van der Waals surface area contributed by atoms with E-state index < -0.39 is 11.7 Å². The Morgan fingerprint density at radius 3 is 2.52 bits per heavy atom. The molecule has 2 fully saturated rings. The summed E-state index contributed by atoms with van der Waals surface area (Å²) in [5, 5.41) is 3.57. The van der Waals surface area contributed by atoms with Crippen LogP contribution in [0.2, 0.25) is 0 Å². The molecule has 1 N–H and O–H groups in total. The second kappa shape index (κ2) is 7.30. The molecule has 8 heteroatoms. The average molecular weight is 429 g/mol. The number of ether oxygens (including phenoxy) is 1. The molecule has 0 unspecified atom stereocenters. The maximum absolute atomic E-state index is 13.1. The van der Waals surface area contributed by atoms with Gasteiger partial charge in [0.05, 0.1) is 36.3 Å². The average Bonchev–Trinajstić information content (AvgIpc) is 2.99. The first-order chi connectivity index (χ1) is 14.8.